The van der Waals surface area contributed by atoms with Gasteiger partial charge in [-0.05, 0) is 61.9 Å². The number of fused-ring (bicyclic) bond motifs is 1. The average molecular weight is 486 g/mol. The highest BCUT2D eigenvalue weighted by Crippen LogP contribution is 2.39. The van der Waals surface area contributed by atoms with Crippen molar-refractivity contribution in [3.05, 3.63) is 36.7 Å². The minimum atomic E-state index is 0.0216. The number of anilines is 3. The normalized spacial score (nSPS) is 18.9. The first kappa shape index (κ1) is 24.6. The molecular formula is C24H35N7O2S. The van der Waals surface area contributed by atoms with E-state index in [9.17, 15) is 4.79 Å². The van der Waals surface area contributed by atoms with Gasteiger partial charge in [-0.25, -0.2) is 14.8 Å². The number of nitrogen functional groups attached to an aromatic ring is 1. The molecule has 34 heavy (non-hydrogen) atoms. The molecule has 0 atom stereocenters. The number of nitrogens with two attached hydrogens (primary N) is 1. The van der Waals surface area contributed by atoms with Crippen molar-refractivity contribution in [3.63, 3.8) is 0 Å². The second kappa shape index (κ2) is 12.2. The fourth-order valence-corrected chi connectivity index (χ4v) is 5.35. The van der Waals surface area contributed by atoms with Crippen molar-refractivity contribution in [1.29, 1.82) is 0 Å². The maximum Gasteiger partial charge on any atom is 0.334 e. The summed E-state index contributed by atoms with van der Waals surface area (Å²) in [7, 11) is 1.81. The summed E-state index contributed by atoms with van der Waals surface area (Å²) < 4.78 is 6.90. The van der Waals surface area contributed by atoms with Crippen LogP contribution in [0, 0.1) is 0 Å². The second-order valence-corrected chi connectivity index (χ2v) is 9.73. The first-order valence-corrected chi connectivity index (χ1v) is 12.8. The van der Waals surface area contributed by atoms with Crippen LogP contribution in [0.5, 0.6) is 0 Å². The molecule has 2 aromatic rings. The fourth-order valence-electron chi connectivity index (χ4n) is 4.20. The maximum absolute atomic E-state index is 12.6. The number of aromatic nitrogens is 2. The van der Waals surface area contributed by atoms with E-state index in [1.54, 1.807) is 17.3 Å². The minimum absolute atomic E-state index is 0.0216. The average Bonchev–Trinajstić information content (AvgIpc) is 2.89. The molecule has 2 amide bonds. The SMILES string of the molecule is C1CCOCC1.CN1C(=O)N(CCCN2CCN(c3ncccn3)CC2)Sc2cc(N)ccc21. The number of hydrogen-bond donors (Lipinski definition) is 1. The van der Waals surface area contributed by atoms with E-state index in [1.165, 1.54) is 31.2 Å². The van der Waals surface area contributed by atoms with Gasteiger partial charge in [-0.2, -0.15) is 0 Å². The van der Waals surface area contributed by atoms with Gasteiger partial charge < -0.3 is 15.4 Å². The largest absolute Gasteiger partial charge is 0.399 e. The Bertz CT molecular complexity index is 909. The second-order valence-electron chi connectivity index (χ2n) is 8.67. The molecule has 5 rings (SSSR count). The molecule has 0 unspecified atom stereocenters. The highest BCUT2D eigenvalue weighted by atomic mass is 32.2. The van der Waals surface area contributed by atoms with E-state index in [0.717, 1.165) is 68.9 Å². The van der Waals surface area contributed by atoms with E-state index in [-0.39, 0.29) is 6.03 Å². The molecule has 1 aromatic carbocycles. The van der Waals surface area contributed by atoms with Gasteiger partial charge in [-0.3, -0.25) is 14.1 Å². The molecule has 3 aliphatic heterocycles. The van der Waals surface area contributed by atoms with Gasteiger partial charge in [0.1, 0.15) is 0 Å². The van der Waals surface area contributed by atoms with Gasteiger partial charge in [0.15, 0.2) is 0 Å². The predicted octanol–water partition coefficient (Wildman–Crippen LogP) is 3.34. The molecule has 0 saturated carbocycles. The summed E-state index contributed by atoms with van der Waals surface area (Å²) in [4.78, 5) is 28.7. The van der Waals surface area contributed by atoms with E-state index < -0.39 is 0 Å². The van der Waals surface area contributed by atoms with Crippen molar-refractivity contribution in [2.75, 3.05) is 75.1 Å². The van der Waals surface area contributed by atoms with Gasteiger partial charge in [-0.1, -0.05) is 0 Å². The molecule has 0 aliphatic carbocycles. The van der Waals surface area contributed by atoms with E-state index in [4.69, 9.17) is 10.5 Å². The number of amides is 2. The molecule has 2 fully saturated rings. The smallest absolute Gasteiger partial charge is 0.334 e. The molecular weight excluding hydrogens is 450 g/mol. The molecule has 2 saturated heterocycles. The lowest BCUT2D eigenvalue weighted by molar-refractivity contribution is 0.0968. The van der Waals surface area contributed by atoms with E-state index in [0.29, 0.717) is 12.2 Å². The zero-order valence-electron chi connectivity index (χ0n) is 19.9. The van der Waals surface area contributed by atoms with Crippen LogP contribution in [0.15, 0.2) is 41.6 Å². The van der Waals surface area contributed by atoms with Crippen LogP contribution in [0.2, 0.25) is 0 Å². The molecule has 4 heterocycles. The van der Waals surface area contributed by atoms with Crippen LogP contribution in [0.25, 0.3) is 0 Å². The number of rotatable bonds is 5. The molecule has 1 aromatic heterocycles. The van der Waals surface area contributed by atoms with E-state index in [2.05, 4.69) is 19.8 Å². The summed E-state index contributed by atoms with van der Waals surface area (Å²) in [5.74, 6) is 0.804. The molecule has 2 N–H and O–H groups in total. The lowest BCUT2D eigenvalue weighted by atomic mass is 10.2. The number of benzene rings is 1. The third-order valence-corrected chi connectivity index (χ3v) is 7.26. The number of piperazine rings is 1. The molecule has 0 spiro atoms. The summed E-state index contributed by atoms with van der Waals surface area (Å²) in [6.07, 6.45) is 8.43. The molecule has 10 heteroatoms. The van der Waals surface area contributed by atoms with Crippen LogP contribution >= 0.6 is 11.9 Å². The fraction of sp³-hybridized carbons (Fsp3) is 0.542. The highest BCUT2D eigenvalue weighted by molar-refractivity contribution is 7.97. The molecule has 0 bridgehead atoms. The highest BCUT2D eigenvalue weighted by Gasteiger charge is 2.29. The van der Waals surface area contributed by atoms with Gasteiger partial charge in [0.2, 0.25) is 5.95 Å². The third kappa shape index (κ3) is 6.52. The van der Waals surface area contributed by atoms with Gasteiger partial charge in [0.05, 0.1) is 10.6 Å². The Morgan fingerprint density at radius 1 is 1.03 bits per heavy atom. The first-order chi connectivity index (χ1) is 16.6. The predicted molar refractivity (Wildman–Crippen MR) is 137 cm³/mol. The number of carbonyl (C=O) groups is 1. The Labute approximate surface area is 206 Å². The summed E-state index contributed by atoms with van der Waals surface area (Å²) in [6.45, 7) is 7.51. The van der Waals surface area contributed by atoms with Crippen LogP contribution in [0.1, 0.15) is 25.7 Å². The third-order valence-electron chi connectivity index (χ3n) is 6.17. The molecule has 184 valence electrons. The van der Waals surface area contributed by atoms with E-state index in [1.807, 2.05) is 35.6 Å². The number of nitrogens with zero attached hydrogens (tertiary/aromatic N) is 6. The maximum atomic E-state index is 12.6. The number of carbonyl (C=O) groups excluding carboxylic acids is 1. The van der Waals surface area contributed by atoms with Crippen LogP contribution in [0.3, 0.4) is 0 Å². The minimum Gasteiger partial charge on any atom is -0.399 e. The standard InChI is InChI=1S/C19H25N7OS.C5H10O/c1-23-16-5-4-15(20)14-17(16)28-26(19(23)27)9-3-8-24-10-12-25(13-11-24)18-21-6-2-7-22-18;1-2-4-6-5-3-1/h2,4-7,14H,3,8-13,20H2,1H3;1-5H2. The van der Waals surface area contributed by atoms with Gasteiger partial charge in [-0.15, -0.1) is 0 Å². The zero-order valence-corrected chi connectivity index (χ0v) is 20.8. The van der Waals surface area contributed by atoms with Crippen molar-refractivity contribution in [2.45, 2.75) is 30.6 Å². The summed E-state index contributed by atoms with van der Waals surface area (Å²) in [5.41, 5.74) is 7.54. The van der Waals surface area contributed by atoms with Crippen molar-refractivity contribution < 1.29 is 9.53 Å². The Kier molecular flexibility index (Phi) is 8.84. The Morgan fingerprint density at radius 3 is 2.41 bits per heavy atom. The number of hydrogen-bond acceptors (Lipinski definition) is 8. The summed E-state index contributed by atoms with van der Waals surface area (Å²) in [5, 5.41) is 0. The monoisotopic (exact) mass is 485 g/mol. The van der Waals surface area contributed by atoms with Crippen molar-refractivity contribution >= 4 is 35.3 Å². The lowest BCUT2D eigenvalue weighted by Crippen LogP contribution is -2.48. The Hall–Kier alpha value is -2.56. The van der Waals surface area contributed by atoms with Gasteiger partial charge in [0, 0.05) is 77.6 Å². The van der Waals surface area contributed by atoms with Crippen LogP contribution < -0.4 is 15.5 Å². The van der Waals surface area contributed by atoms with Crippen LogP contribution in [0.4, 0.5) is 22.1 Å². The van der Waals surface area contributed by atoms with Crippen LogP contribution in [-0.4, -0.2) is 84.7 Å². The quantitative estimate of drug-likeness (QED) is 0.509. The van der Waals surface area contributed by atoms with Crippen molar-refractivity contribution in [2.24, 2.45) is 0 Å². The van der Waals surface area contributed by atoms with E-state index >= 15 is 0 Å². The summed E-state index contributed by atoms with van der Waals surface area (Å²) in [6, 6.07) is 7.53. The topological polar surface area (TPSA) is 91.1 Å². The molecule has 0 radical (unpaired) electrons. The molecule has 9 nitrogen and oxygen atoms in total. The molecule has 3 aliphatic rings. The number of urea groups is 1. The lowest BCUT2D eigenvalue weighted by Gasteiger charge is -2.36. The Morgan fingerprint density at radius 2 is 1.76 bits per heavy atom. The zero-order chi connectivity index (χ0) is 23.8. The Balaban J connectivity index is 0.000000398. The van der Waals surface area contributed by atoms with Gasteiger partial charge >= 0.3 is 6.03 Å². The van der Waals surface area contributed by atoms with Crippen molar-refractivity contribution in [3.8, 4) is 0 Å². The van der Waals surface area contributed by atoms with Crippen LogP contribution in [-0.2, 0) is 4.74 Å². The van der Waals surface area contributed by atoms with Gasteiger partial charge in [0.25, 0.3) is 0 Å². The first-order valence-electron chi connectivity index (χ1n) is 12.1. The van der Waals surface area contributed by atoms with Crippen molar-refractivity contribution in [1.82, 2.24) is 19.2 Å². The summed E-state index contributed by atoms with van der Waals surface area (Å²) >= 11 is 1.49. The number of ether oxygens (including phenoxy) is 1.